The van der Waals surface area contributed by atoms with Crippen LogP contribution < -0.4 is 0 Å². The van der Waals surface area contributed by atoms with Crippen molar-refractivity contribution in [1.29, 1.82) is 0 Å². The number of benzene rings is 2. The lowest BCUT2D eigenvalue weighted by molar-refractivity contribution is 0.0696. The Morgan fingerprint density at radius 2 is 1.73 bits per heavy atom. The van der Waals surface area contributed by atoms with Crippen molar-refractivity contribution in [3.05, 3.63) is 69.7 Å². The third kappa shape index (κ3) is 4.61. The first-order valence-electron chi connectivity index (χ1n) is 6.41. The van der Waals surface area contributed by atoms with E-state index in [1.54, 1.807) is 36.4 Å². The quantitative estimate of drug-likeness (QED) is 0.780. The molecule has 0 aliphatic heterocycles. The molecule has 0 saturated heterocycles. The zero-order valence-corrected chi connectivity index (χ0v) is 13.9. The highest BCUT2D eigenvalue weighted by molar-refractivity contribution is 9.10. The molecular weight excluding hydrogens is 368 g/mol. The molecule has 2 rings (SSSR count). The fraction of sp³-hybridized carbons (Fsp3) is 0.125. The van der Waals surface area contributed by atoms with E-state index >= 15 is 0 Å². The molecule has 1 atom stereocenters. The number of carbonyl (C=O) groups excluding carboxylic acids is 1. The molecule has 0 spiro atoms. The number of hydrogen-bond donors (Lipinski definition) is 1. The number of hydrogen-bond acceptors (Lipinski definition) is 3. The highest BCUT2D eigenvalue weighted by Gasteiger charge is 2.12. The average Bonchev–Trinajstić information content (AvgIpc) is 2.47. The molecule has 0 amide bonds. The number of halogens is 1. The highest BCUT2D eigenvalue weighted by Crippen LogP contribution is 2.13. The second-order valence-corrected chi connectivity index (χ2v) is 7.04. The molecule has 0 bridgehead atoms. The van der Waals surface area contributed by atoms with Gasteiger partial charge in [-0.2, -0.15) is 0 Å². The van der Waals surface area contributed by atoms with Crippen LogP contribution >= 0.6 is 15.9 Å². The molecule has 0 saturated carbocycles. The van der Waals surface area contributed by atoms with Crippen LogP contribution in [0.3, 0.4) is 0 Å². The van der Waals surface area contributed by atoms with Gasteiger partial charge in [0.25, 0.3) is 0 Å². The van der Waals surface area contributed by atoms with E-state index in [-0.39, 0.29) is 22.9 Å². The Kier molecular flexibility index (Phi) is 5.63. The standard InChI is InChI=1S/C16H13BrO4S/c17-14-6-4-12(5-7-14)15(18)10-22(21)9-11-2-1-3-13(8-11)16(19)20/h1-8H,9-10H2,(H,19,20). The number of aromatic carboxylic acids is 1. The topological polar surface area (TPSA) is 71.4 Å². The summed E-state index contributed by atoms with van der Waals surface area (Å²) in [6.45, 7) is 0. The van der Waals surface area contributed by atoms with Gasteiger partial charge in [-0.1, -0.05) is 40.2 Å². The van der Waals surface area contributed by atoms with Crippen LogP contribution in [0.5, 0.6) is 0 Å². The van der Waals surface area contributed by atoms with E-state index < -0.39 is 16.8 Å². The number of carbonyl (C=O) groups is 2. The Morgan fingerprint density at radius 1 is 1.05 bits per heavy atom. The van der Waals surface area contributed by atoms with Gasteiger partial charge < -0.3 is 5.11 Å². The normalized spacial score (nSPS) is 11.9. The van der Waals surface area contributed by atoms with Crippen LogP contribution in [0, 0.1) is 0 Å². The average molecular weight is 381 g/mol. The van der Waals surface area contributed by atoms with Gasteiger partial charge in [0.15, 0.2) is 5.78 Å². The largest absolute Gasteiger partial charge is 0.478 e. The van der Waals surface area contributed by atoms with E-state index in [1.807, 2.05) is 0 Å². The Hall–Kier alpha value is -1.79. The SMILES string of the molecule is O=C(O)c1cccc(CS(=O)CC(=O)c2ccc(Br)cc2)c1. The predicted molar refractivity (Wildman–Crippen MR) is 88.6 cm³/mol. The van der Waals surface area contributed by atoms with Gasteiger partial charge >= 0.3 is 5.97 Å². The Morgan fingerprint density at radius 3 is 2.36 bits per heavy atom. The van der Waals surface area contributed by atoms with Gasteiger partial charge in [-0.15, -0.1) is 0 Å². The van der Waals surface area contributed by atoms with Gasteiger partial charge in [-0.25, -0.2) is 4.79 Å². The van der Waals surface area contributed by atoms with Crippen LogP contribution in [0.4, 0.5) is 0 Å². The summed E-state index contributed by atoms with van der Waals surface area (Å²) >= 11 is 3.29. The molecule has 4 nitrogen and oxygen atoms in total. The molecular formula is C16H13BrO4S. The minimum atomic E-state index is -1.38. The minimum absolute atomic E-state index is 0.0844. The number of ketones is 1. The summed E-state index contributed by atoms with van der Waals surface area (Å²) in [5.41, 5.74) is 1.30. The van der Waals surface area contributed by atoms with E-state index in [2.05, 4.69) is 15.9 Å². The third-order valence-electron chi connectivity index (χ3n) is 2.96. The first-order chi connectivity index (χ1) is 10.5. The molecule has 114 valence electrons. The Bertz CT molecular complexity index is 725. The number of Topliss-reactive ketones (excluding diaryl/α,β-unsaturated/α-hetero) is 1. The van der Waals surface area contributed by atoms with Crippen molar-refractivity contribution in [1.82, 2.24) is 0 Å². The second-order valence-electron chi connectivity index (χ2n) is 4.66. The summed E-state index contributed by atoms with van der Waals surface area (Å²) in [5, 5.41) is 8.93. The van der Waals surface area contributed by atoms with E-state index in [4.69, 9.17) is 5.11 Å². The Labute approximate surface area is 138 Å². The lowest BCUT2D eigenvalue weighted by Gasteiger charge is -2.04. The monoisotopic (exact) mass is 380 g/mol. The second kappa shape index (κ2) is 7.47. The molecule has 0 radical (unpaired) electrons. The summed E-state index contributed by atoms with van der Waals surface area (Å²) < 4.78 is 12.9. The number of rotatable bonds is 6. The fourth-order valence-corrected chi connectivity index (χ4v) is 3.27. The van der Waals surface area contributed by atoms with E-state index in [9.17, 15) is 13.8 Å². The molecule has 6 heteroatoms. The molecule has 2 aromatic rings. The molecule has 0 heterocycles. The van der Waals surface area contributed by atoms with Gasteiger partial charge in [0.05, 0.1) is 11.3 Å². The molecule has 1 unspecified atom stereocenters. The van der Waals surface area contributed by atoms with Crippen molar-refractivity contribution in [3.63, 3.8) is 0 Å². The summed E-state index contributed by atoms with van der Waals surface area (Å²) in [5.74, 6) is -1.15. The van der Waals surface area contributed by atoms with Gasteiger partial charge in [0.2, 0.25) is 0 Å². The van der Waals surface area contributed by atoms with Crippen molar-refractivity contribution >= 4 is 38.5 Å². The van der Waals surface area contributed by atoms with Crippen molar-refractivity contribution in [2.24, 2.45) is 0 Å². The zero-order chi connectivity index (χ0) is 16.1. The van der Waals surface area contributed by atoms with E-state index in [1.165, 1.54) is 12.1 Å². The summed E-state index contributed by atoms with van der Waals surface area (Å²) in [6.07, 6.45) is 0. The zero-order valence-electron chi connectivity index (χ0n) is 11.5. The molecule has 22 heavy (non-hydrogen) atoms. The van der Waals surface area contributed by atoms with Gasteiger partial charge in [-0.05, 0) is 29.8 Å². The van der Waals surface area contributed by atoms with Crippen molar-refractivity contribution in [2.75, 3.05) is 5.75 Å². The molecule has 0 aliphatic carbocycles. The molecule has 0 aromatic heterocycles. The Balaban J connectivity index is 2.01. The third-order valence-corrected chi connectivity index (χ3v) is 4.73. The van der Waals surface area contributed by atoms with Crippen LogP contribution in [0.2, 0.25) is 0 Å². The van der Waals surface area contributed by atoms with E-state index in [0.717, 1.165) is 4.47 Å². The number of carboxylic acid groups (broad SMARTS) is 1. The summed E-state index contributed by atoms with van der Waals surface area (Å²) in [7, 11) is -1.38. The van der Waals surface area contributed by atoms with Crippen LogP contribution in [-0.2, 0) is 16.6 Å². The fourth-order valence-electron chi connectivity index (χ4n) is 1.90. The first kappa shape index (κ1) is 16.6. The van der Waals surface area contributed by atoms with Crippen LogP contribution in [0.25, 0.3) is 0 Å². The molecule has 0 aliphatic rings. The van der Waals surface area contributed by atoms with Crippen molar-refractivity contribution < 1.29 is 18.9 Å². The maximum atomic E-state index is 12.1. The van der Waals surface area contributed by atoms with Crippen LogP contribution in [0.15, 0.2) is 53.0 Å². The smallest absolute Gasteiger partial charge is 0.335 e. The molecule has 0 fully saturated rings. The lowest BCUT2D eigenvalue weighted by atomic mass is 10.1. The maximum Gasteiger partial charge on any atom is 0.335 e. The summed E-state index contributed by atoms with van der Waals surface area (Å²) in [4.78, 5) is 22.9. The highest BCUT2D eigenvalue weighted by atomic mass is 79.9. The van der Waals surface area contributed by atoms with Gasteiger partial charge in [0.1, 0.15) is 0 Å². The van der Waals surface area contributed by atoms with Crippen molar-refractivity contribution in [2.45, 2.75) is 5.75 Å². The predicted octanol–water partition coefficient (Wildman–Crippen LogP) is 3.28. The van der Waals surface area contributed by atoms with Gasteiger partial charge in [-0.3, -0.25) is 9.00 Å². The van der Waals surface area contributed by atoms with Crippen molar-refractivity contribution in [3.8, 4) is 0 Å². The lowest BCUT2D eigenvalue weighted by Crippen LogP contribution is -2.12. The van der Waals surface area contributed by atoms with Crippen LogP contribution in [0.1, 0.15) is 26.3 Å². The minimum Gasteiger partial charge on any atom is -0.478 e. The molecule has 2 aromatic carbocycles. The van der Waals surface area contributed by atoms with Gasteiger partial charge in [0, 0.05) is 26.6 Å². The maximum absolute atomic E-state index is 12.1. The van der Waals surface area contributed by atoms with E-state index in [0.29, 0.717) is 11.1 Å². The first-order valence-corrected chi connectivity index (χ1v) is 8.70. The summed E-state index contributed by atoms with van der Waals surface area (Å²) in [6, 6.07) is 13.1. The number of carboxylic acids is 1. The van der Waals surface area contributed by atoms with Crippen LogP contribution in [-0.4, -0.2) is 26.8 Å². The molecule has 1 N–H and O–H groups in total.